The van der Waals surface area contributed by atoms with Crippen molar-refractivity contribution < 1.29 is 4.79 Å². The van der Waals surface area contributed by atoms with Gasteiger partial charge in [-0.05, 0) is 80.2 Å². The van der Waals surface area contributed by atoms with Crippen molar-refractivity contribution in [3.05, 3.63) is 12.8 Å². The summed E-state index contributed by atoms with van der Waals surface area (Å²) in [7, 11) is 0. The molecular formula is C19H29N3O. The molecule has 0 aromatic carbocycles. The van der Waals surface area contributed by atoms with E-state index in [1.807, 2.05) is 6.20 Å². The molecule has 1 aliphatic heterocycles. The van der Waals surface area contributed by atoms with Crippen molar-refractivity contribution in [3.63, 3.8) is 0 Å². The van der Waals surface area contributed by atoms with Gasteiger partial charge in [-0.2, -0.15) is 0 Å². The molecule has 2 bridgehead atoms. The van der Waals surface area contributed by atoms with Gasteiger partial charge in [-0.25, -0.2) is 4.79 Å². The van der Waals surface area contributed by atoms with Crippen LogP contribution in [0.2, 0.25) is 0 Å². The van der Waals surface area contributed by atoms with E-state index in [2.05, 4.69) is 22.1 Å². The maximum Gasteiger partial charge on any atom is 0.315 e. The Balaban J connectivity index is 1.14. The molecule has 126 valence electrons. The number of likely N-dealkylation sites (tertiary alicyclic amines) is 1. The van der Waals surface area contributed by atoms with Crippen LogP contribution in [0.4, 0.5) is 4.79 Å². The highest BCUT2D eigenvalue weighted by molar-refractivity contribution is 5.75. The summed E-state index contributed by atoms with van der Waals surface area (Å²) in [6.07, 6.45) is 11.1. The SMILES string of the molecule is C=CN1CCC(CNC(=O)NC23CC4CC5CC(C2)C53C4)CC1. The predicted molar refractivity (Wildman–Crippen MR) is 89.7 cm³/mol. The van der Waals surface area contributed by atoms with Crippen LogP contribution in [0.25, 0.3) is 0 Å². The van der Waals surface area contributed by atoms with Gasteiger partial charge in [-0.15, -0.1) is 0 Å². The van der Waals surface area contributed by atoms with Gasteiger partial charge in [0.25, 0.3) is 0 Å². The van der Waals surface area contributed by atoms with E-state index in [9.17, 15) is 4.79 Å². The van der Waals surface area contributed by atoms with Crippen molar-refractivity contribution in [2.45, 2.75) is 50.5 Å². The number of amides is 2. The number of carbonyl (C=O) groups is 1. The van der Waals surface area contributed by atoms with Crippen LogP contribution in [0.1, 0.15) is 44.9 Å². The molecule has 0 aromatic heterocycles. The van der Waals surface area contributed by atoms with Crippen molar-refractivity contribution in [1.29, 1.82) is 0 Å². The second kappa shape index (κ2) is 4.67. The fraction of sp³-hybridized carbons (Fsp3) is 0.842. The molecule has 4 nitrogen and oxygen atoms in total. The highest BCUT2D eigenvalue weighted by Gasteiger charge is 2.80. The van der Waals surface area contributed by atoms with E-state index >= 15 is 0 Å². The van der Waals surface area contributed by atoms with Crippen LogP contribution in [0, 0.1) is 29.1 Å². The van der Waals surface area contributed by atoms with Gasteiger partial charge in [0, 0.05) is 25.2 Å². The molecule has 23 heavy (non-hydrogen) atoms. The number of hydrogen-bond acceptors (Lipinski definition) is 2. The summed E-state index contributed by atoms with van der Waals surface area (Å²) in [4.78, 5) is 14.8. The maximum atomic E-state index is 12.5. The first-order chi connectivity index (χ1) is 11.1. The molecule has 0 aromatic rings. The van der Waals surface area contributed by atoms with Crippen LogP contribution in [0.3, 0.4) is 0 Å². The van der Waals surface area contributed by atoms with Gasteiger partial charge >= 0.3 is 6.03 Å². The predicted octanol–water partition coefficient (Wildman–Crippen LogP) is 2.72. The van der Waals surface area contributed by atoms with E-state index in [0.29, 0.717) is 11.3 Å². The average molecular weight is 315 g/mol. The number of carbonyl (C=O) groups excluding carboxylic acids is 1. The van der Waals surface area contributed by atoms with Gasteiger partial charge in [0.2, 0.25) is 0 Å². The summed E-state index contributed by atoms with van der Waals surface area (Å²) in [5.74, 6) is 3.39. The van der Waals surface area contributed by atoms with Crippen molar-refractivity contribution in [1.82, 2.24) is 15.5 Å². The summed E-state index contributed by atoms with van der Waals surface area (Å²) in [6.45, 7) is 6.82. The quantitative estimate of drug-likeness (QED) is 0.838. The first-order valence-corrected chi connectivity index (χ1v) is 9.58. The van der Waals surface area contributed by atoms with E-state index in [-0.39, 0.29) is 11.6 Å². The van der Waals surface area contributed by atoms with Gasteiger partial charge in [0.1, 0.15) is 0 Å². The van der Waals surface area contributed by atoms with Crippen molar-refractivity contribution in [2.75, 3.05) is 19.6 Å². The molecule has 5 unspecified atom stereocenters. The Morgan fingerprint density at radius 2 is 2.00 bits per heavy atom. The van der Waals surface area contributed by atoms with Gasteiger partial charge in [0.15, 0.2) is 0 Å². The van der Waals surface area contributed by atoms with Crippen molar-refractivity contribution in [2.24, 2.45) is 29.1 Å². The average Bonchev–Trinajstić information content (AvgIpc) is 3.02. The lowest BCUT2D eigenvalue weighted by Gasteiger charge is -2.72. The summed E-state index contributed by atoms with van der Waals surface area (Å²) in [6, 6.07) is 0.0992. The number of fused-ring (bicyclic) bond motifs is 1. The lowest BCUT2D eigenvalue weighted by atomic mass is 9.35. The van der Waals surface area contributed by atoms with E-state index in [0.717, 1.165) is 50.2 Å². The molecule has 5 fully saturated rings. The van der Waals surface area contributed by atoms with E-state index in [1.54, 1.807) is 0 Å². The Kier molecular flexibility index (Phi) is 2.88. The summed E-state index contributed by atoms with van der Waals surface area (Å²) in [5, 5.41) is 6.64. The van der Waals surface area contributed by atoms with Crippen molar-refractivity contribution in [3.8, 4) is 0 Å². The summed E-state index contributed by atoms with van der Waals surface area (Å²) >= 11 is 0. The second-order valence-corrected chi connectivity index (χ2v) is 8.96. The molecule has 5 rings (SSSR count). The van der Waals surface area contributed by atoms with Crippen LogP contribution < -0.4 is 10.6 Å². The third-order valence-corrected chi connectivity index (χ3v) is 8.20. The zero-order valence-electron chi connectivity index (χ0n) is 14.0. The first kappa shape index (κ1) is 14.2. The third kappa shape index (κ3) is 1.75. The molecule has 4 saturated carbocycles. The van der Waals surface area contributed by atoms with Crippen LogP contribution in [0.15, 0.2) is 12.8 Å². The van der Waals surface area contributed by atoms with Crippen molar-refractivity contribution >= 4 is 6.03 Å². The molecular weight excluding hydrogens is 286 g/mol. The molecule has 1 saturated heterocycles. The minimum absolute atomic E-state index is 0.0992. The van der Waals surface area contributed by atoms with E-state index in [1.165, 1.54) is 32.1 Å². The van der Waals surface area contributed by atoms with Crippen LogP contribution >= 0.6 is 0 Å². The number of rotatable bonds is 4. The summed E-state index contributed by atoms with van der Waals surface area (Å²) < 4.78 is 0. The van der Waals surface area contributed by atoms with Crippen LogP contribution in [0.5, 0.6) is 0 Å². The first-order valence-electron chi connectivity index (χ1n) is 9.58. The van der Waals surface area contributed by atoms with E-state index in [4.69, 9.17) is 0 Å². The molecule has 5 atom stereocenters. The van der Waals surface area contributed by atoms with Gasteiger partial charge in [-0.3, -0.25) is 0 Å². The van der Waals surface area contributed by atoms with Gasteiger partial charge in [-0.1, -0.05) is 6.58 Å². The normalized spacial score (nSPS) is 46.6. The van der Waals surface area contributed by atoms with E-state index < -0.39 is 0 Å². The Morgan fingerprint density at radius 3 is 2.70 bits per heavy atom. The van der Waals surface area contributed by atoms with Crippen LogP contribution in [-0.4, -0.2) is 36.1 Å². The Morgan fingerprint density at radius 1 is 1.17 bits per heavy atom. The fourth-order valence-electron chi connectivity index (χ4n) is 7.24. The molecule has 2 amide bonds. The third-order valence-electron chi connectivity index (χ3n) is 8.20. The zero-order chi connectivity index (χ0) is 15.7. The number of nitrogens with zero attached hydrogens (tertiary/aromatic N) is 1. The van der Waals surface area contributed by atoms with Gasteiger partial charge < -0.3 is 15.5 Å². The highest BCUT2D eigenvalue weighted by atomic mass is 16.2. The zero-order valence-corrected chi connectivity index (χ0v) is 14.0. The molecule has 2 N–H and O–H groups in total. The van der Waals surface area contributed by atoms with Gasteiger partial charge in [0.05, 0.1) is 0 Å². The standard InChI is InChI=1S/C19H29N3O/c1-2-22-5-3-13(4-6-22)12-20-17(23)21-18-9-14-7-15-8-16(11-18)19(15,18)10-14/h2,13-16H,1,3-12H2,(H2,20,21,23). The summed E-state index contributed by atoms with van der Waals surface area (Å²) in [5.41, 5.74) is 0.712. The highest BCUT2D eigenvalue weighted by Crippen LogP contribution is 2.82. The Labute approximate surface area is 139 Å². The minimum atomic E-state index is 0.0992. The molecule has 4 aliphatic carbocycles. The molecule has 1 heterocycles. The second-order valence-electron chi connectivity index (χ2n) is 8.96. The number of hydrogen-bond donors (Lipinski definition) is 2. The smallest absolute Gasteiger partial charge is 0.315 e. The maximum absolute atomic E-state index is 12.5. The minimum Gasteiger partial charge on any atom is -0.378 e. The number of piperidine rings is 1. The van der Waals surface area contributed by atoms with Crippen LogP contribution in [-0.2, 0) is 0 Å². The lowest BCUT2D eigenvalue weighted by molar-refractivity contribution is -0.201. The Hall–Kier alpha value is -1.19. The molecule has 0 radical (unpaired) electrons. The number of nitrogens with one attached hydrogen (secondary N) is 2. The fourth-order valence-corrected chi connectivity index (χ4v) is 7.24. The monoisotopic (exact) mass is 315 g/mol. The molecule has 1 spiro atoms. The molecule has 4 heteroatoms. The lowest BCUT2D eigenvalue weighted by Crippen LogP contribution is -2.77. The molecule has 5 aliphatic rings. The number of urea groups is 1. The topological polar surface area (TPSA) is 44.4 Å². The largest absolute Gasteiger partial charge is 0.378 e. The Bertz CT molecular complexity index is 541.